The summed E-state index contributed by atoms with van der Waals surface area (Å²) in [7, 11) is -5.59. The lowest BCUT2D eigenvalue weighted by Gasteiger charge is -2.11. The van der Waals surface area contributed by atoms with Gasteiger partial charge in [-0.1, -0.05) is 36.9 Å². The van der Waals surface area contributed by atoms with Gasteiger partial charge in [0.25, 0.3) is 0 Å². The van der Waals surface area contributed by atoms with Crippen LogP contribution in [0.3, 0.4) is 0 Å². The van der Waals surface area contributed by atoms with E-state index in [0.29, 0.717) is 12.8 Å². The minimum atomic E-state index is -5.59. The summed E-state index contributed by atoms with van der Waals surface area (Å²) in [5.74, 6) is -0.393. The molecular weight excluding hydrogens is 293 g/mol. The molecule has 0 saturated carbocycles. The predicted octanol–water partition coefficient (Wildman–Crippen LogP) is 3.78. The number of allylic oxidation sites excluding steroid dienone is 1. The van der Waals surface area contributed by atoms with Crippen molar-refractivity contribution in [2.24, 2.45) is 0 Å². The number of rotatable bonds is 7. The Balaban J connectivity index is 2.31. The predicted molar refractivity (Wildman–Crippen MR) is 69.2 cm³/mol. The normalized spacial score (nSPS) is 12.2. The standard InChI is InChI=1S/C13H15F3O3S/c1-11(19-20(17,18)13(14,15)16)7-5-6-10-12-8-3-2-4-9-12/h2-4,8-9H,1,5-7,10H2. The van der Waals surface area contributed by atoms with Crippen LogP contribution in [-0.4, -0.2) is 13.9 Å². The molecule has 7 heteroatoms. The first-order chi connectivity index (χ1) is 9.22. The highest BCUT2D eigenvalue weighted by Gasteiger charge is 2.48. The molecule has 20 heavy (non-hydrogen) atoms. The van der Waals surface area contributed by atoms with E-state index in [1.807, 2.05) is 30.3 Å². The summed E-state index contributed by atoms with van der Waals surface area (Å²) in [4.78, 5) is 0. The van der Waals surface area contributed by atoms with Crippen LogP contribution in [0.5, 0.6) is 0 Å². The van der Waals surface area contributed by atoms with Crippen LogP contribution in [0.15, 0.2) is 42.7 Å². The van der Waals surface area contributed by atoms with Crippen molar-refractivity contribution in [2.75, 3.05) is 0 Å². The van der Waals surface area contributed by atoms with Gasteiger partial charge in [-0.15, -0.1) is 0 Å². The van der Waals surface area contributed by atoms with Crippen LogP contribution in [0.25, 0.3) is 0 Å². The van der Waals surface area contributed by atoms with Crippen molar-refractivity contribution in [3.8, 4) is 0 Å². The van der Waals surface area contributed by atoms with E-state index in [0.717, 1.165) is 12.0 Å². The lowest BCUT2D eigenvalue weighted by molar-refractivity contribution is -0.0523. The van der Waals surface area contributed by atoms with Gasteiger partial charge < -0.3 is 4.18 Å². The van der Waals surface area contributed by atoms with E-state index < -0.39 is 21.4 Å². The van der Waals surface area contributed by atoms with Crippen LogP contribution in [0, 0.1) is 0 Å². The number of hydrogen-bond acceptors (Lipinski definition) is 3. The van der Waals surface area contributed by atoms with Crippen molar-refractivity contribution >= 4 is 10.1 Å². The van der Waals surface area contributed by atoms with Crippen molar-refractivity contribution in [3.05, 3.63) is 48.2 Å². The summed E-state index contributed by atoms with van der Waals surface area (Å²) in [6.07, 6.45) is 2.04. The first-order valence-corrected chi connectivity index (χ1v) is 7.35. The van der Waals surface area contributed by atoms with Crippen LogP contribution < -0.4 is 0 Å². The minimum absolute atomic E-state index is 0.0716. The molecule has 112 valence electrons. The van der Waals surface area contributed by atoms with E-state index in [1.165, 1.54) is 0 Å². The monoisotopic (exact) mass is 308 g/mol. The fourth-order valence-electron chi connectivity index (χ4n) is 1.54. The fraction of sp³-hybridized carbons (Fsp3) is 0.385. The summed E-state index contributed by atoms with van der Waals surface area (Å²) >= 11 is 0. The first-order valence-electron chi connectivity index (χ1n) is 5.95. The highest BCUT2D eigenvalue weighted by Crippen LogP contribution is 2.27. The molecule has 0 amide bonds. The van der Waals surface area contributed by atoms with E-state index in [4.69, 9.17) is 0 Å². The molecule has 0 bridgehead atoms. The summed E-state index contributed by atoms with van der Waals surface area (Å²) in [6, 6.07) is 9.57. The molecule has 0 aliphatic carbocycles. The molecule has 0 fully saturated rings. The Morgan fingerprint density at radius 2 is 1.75 bits per heavy atom. The average Bonchev–Trinajstić information content (AvgIpc) is 2.34. The second-order valence-corrected chi connectivity index (χ2v) is 5.75. The number of hydrogen-bond donors (Lipinski definition) is 0. The number of alkyl halides is 3. The van der Waals surface area contributed by atoms with E-state index in [1.54, 1.807) is 0 Å². The van der Waals surface area contributed by atoms with Crippen molar-refractivity contribution in [3.63, 3.8) is 0 Å². The lowest BCUT2D eigenvalue weighted by atomic mass is 10.1. The van der Waals surface area contributed by atoms with Gasteiger partial charge in [-0.05, 0) is 24.8 Å². The Morgan fingerprint density at radius 1 is 1.15 bits per heavy atom. The number of aryl methyl sites for hydroxylation is 1. The van der Waals surface area contributed by atoms with E-state index in [-0.39, 0.29) is 6.42 Å². The zero-order valence-electron chi connectivity index (χ0n) is 10.7. The molecule has 0 atom stereocenters. The third-order valence-electron chi connectivity index (χ3n) is 2.52. The Kier molecular flexibility index (Phi) is 5.62. The van der Waals surface area contributed by atoms with Crippen LogP contribution >= 0.6 is 0 Å². The smallest absolute Gasteiger partial charge is 0.381 e. The van der Waals surface area contributed by atoms with Gasteiger partial charge in [-0.2, -0.15) is 21.6 Å². The molecule has 1 rings (SSSR count). The molecule has 0 unspecified atom stereocenters. The summed E-state index contributed by atoms with van der Waals surface area (Å²) in [5, 5.41) is 0. The summed E-state index contributed by atoms with van der Waals surface area (Å²) in [6.45, 7) is 3.20. The maximum atomic E-state index is 12.0. The number of unbranched alkanes of at least 4 members (excludes halogenated alkanes) is 1. The molecule has 0 aromatic heterocycles. The molecular formula is C13H15F3O3S. The molecule has 0 N–H and O–H groups in total. The second kappa shape index (κ2) is 6.78. The SMILES string of the molecule is C=C(CCCCc1ccccc1)OS(=O)(=O)C(F)(F)F. The number of benzene rings is 1. The highest BCUT2D eigenvalue weighted by molar-refractivity contribution is 7.87. The van der Waals surface area contributed by atoms with Gasteiger partial charge >= 0.3 is 15.6 Å². The molecule has 0 aliphatic rings. The van der Waals surface area contributed by atoms with Gasteiger partial charge in [0.05, 0.1) is 0 Å². The highest BCUT2D eigenvalue weighted by atomic mass is 32.2. The van der Waals surface area contributed by atoms with Crippen molar-refractivity contribution in [1.82, 2.24) is 0 Å². The van der Waals surface area contributed by atoms with E-state index in [2.05, 4.69) is 10.8 Å². The number of halogens is 3. The topological polar surface area (TPSA) is 43.4 Å². The van der Waals surface area contributed by atoms with Gasteiger partial charge in [-0.3, -0.25) is 0 Å². The first kappa shape index (κ1) is 16.6. The molecule has 0 spiro atoms. The average molecular weight is 308 g/mol. The van der Waals surface area contributed by atoms with Gasteiger partial charge in [0.1, 0.15) is 5.76 Å². The summed E-state index contributed by atoms with van der Waals surface area (Å²) in [5.41, 5.74) is -4.30. The molecule has 0 saturated heterocycles. The maximum absolute atomic E-state index is 12.0. The van der Waals surface area contributed by atoms with Crippen molar-refractivity contribution in [1.29, 1.82) is 0 Å². The van der Waals surface area contributed by atoms with Crippen LogP contribution in [0.1, 0.15) is 24.8 Å². The molecule has 3 nitrogen and oxygen atoms in total. The third kappa shape index (κ3) is 5.24. The Bertz CT molecular complexity index is 536. The molecule has 1 aromatic carbocycles. The van der Waals surface area contributed by atoms with E-state index >= 15 is 0 Å². The van der Waals surface area contributed by atoms with Gasteiger partial charge in [-0.25, -0.2) is 0 Å². The lowest BCUT2D eigenvalue weighted by Crippen LogP contribution is -2.25. The zero-order valence-corrected chi connectivity index (χ0v) is 11.5. The Morgan fingerprint density at radius 3 is 2.30 bits per heavy atom. The fourth-order valence-corrected chi connectivity index (χ4v) is 2.03. The van der Waals surface area contributed by atoms with Gasteiger partial charge in [0.2, 0.25) is 0 Å². The summed E-state index contributed by atoms with van der Waals surface area (Å²) < 4.78 is 61.5. The Hall–Kier alpha value is -1.50. The van der Waals surface area contributed by atoms with Gasteiger partial charge in [0, 0.05) is 6.42 Å². The molecule has 0 aliphatic heterocycles. The minimum Gasteiger partial charge on any atom is -0.381 e. The van der Waals surface area contributed by atoms with Crippen LogP contribution in [-0.2, 0) is 20.7 Å². The van der Waals surface area contributed by atoms with Crippen molar-refractivity contribution < 1.29 is 25.8 Å². The molecule has 1 aromatic rings. The quantitative estimate of drug-likeness (QED) is 0.333. The maximum Gasteiger partial charge on any atom is 0.534 e. The largest absolute Gasteiger partial charge is 0.534 e. The Labute approximate surface area is 116 Å². The van der Waals surface area contributed by atoms with E-state index in [9.17, 15) is 21.6 Å². The zero-order chi connectivity index (χ0) is 15.2. The van der Waals surface area contributed by atoms with Crippen LogP contribution in [0.2, 0.25) is 0 Å². The molecule has 0 heterocycles. The van der Waals surface area contributed by atoms with Crippen LogP contribution in [0.4, 0.5) is 13.2 Å². The van der Waals surface area contributed by atoms with Gasteiger partial charge in [0.15, 0.2) is 0 Å². The second-order valence-electron chi connectivity index (χ2n) is 4.21. The third-order valence-corrected chi connectivity index (χ3v) is 3.55. The molecule has 0 radical (unpaired) electrons. The van der Waals surface area contributed by atoms with Crippen molar-refractivity contribution in [2.45, 2.75) is 31.2 Å².